The van der Waals surface area contributed by atoms with Crippen LogP contribution in [0.25, 0.3) is 0 Å². The Bertz CT molecular complexity index is 427. The largest absolute Gasteiger partial charge is 0.419 e. The summed E-state index contributed by atoms with van der Waals surface area (Å²) in [7, 11) is 0. The second-order valence-corrected chi connectivity index (χ2v) is 4.72. The molecule has 106 valence electrons. The molecule has 0 amide bonds. The summed E-state index contributed by atoms with van der Waals surface area (Å²) in [6.07, 6.45) is -2.24. The molecule has 1 aliphatic rings. The Morgan fingerprint density at radius 1 is 1.16 bits per heavy atom. The zero-order valence-electron chi connectivity index (χ0n) is 10.4. The third-order valence-corrected chi connectivity index (χ3v) is 2.98. The molecule has 0 saturated heterocycles. The zero-order chi connectivity index (χ0) is 13.9. The Kier molecular flexibility index (Phi) is 4.42. The molecule has 1 saturated carbocycles. The van der Waals surface area contributed by atoms with Crippen LogP contribution < -0.4 is 10.6 Å². The van der Waals surface area contributed by atoms with Crippen molar-refractivity contribution in [3.63, 3.8) is 0 Å². The van der Waals surface area contributed by atoms with Gasteiger partial charge in [0.05, 0.1) is 5.56 Å². The minimum absolute atomic E-state index is 0.301. The third kappa shape index (κ3) is 4.47. The molecular weight excluding hydrogens is 260 g/mol. The number of hydrogen-bond donors (Lipinski definition) is 2. The highest BCUT2D eigenvalue weighted by Gasteiger charge is 2.34. The Morgan fingerprint density at radius 3 is 2.53 bits per heavy atom. The van der Waals surface area contributed by atoms with E-state index in [9.17, 15) is 17.6 Å². The highest BCUT2D eigenvalue weighted by atomic mass is 19.4. The van der Waals surface area contributed by atoms with Gasteiger partial charge in [-0.2, -0.15) is 13.2 Å². The first-order chi connectivity index (χ1) is 8.97. The highest BCUT2D eigenvalue weighted by molar-refractivity contribution is 5.27. The number of rotatable bonds is 6. The van der Waals surface area contributed by atoms with Crippen LogP contribution in [0.2, 0.25) is 0 Å². The topological polar surface area (TPSA) is 24.1 Å². The highest BCUT2D eigenvalue weighted by Crippen LogP contribution is 2.31. The van der Waals surface area contributed by atoms with Crippen molar-refractivity contribution in [3.05, 3.63) is 35.1 Å². The van der Waals surface area contributed by atoms with Gasteiger partial charge in [0.2, 0.25) is 0 Å². The number of benzene rings is 1. The smallest absolute Gasteiger partial charge is 0.313 e. The van der Waals surface area contributed by atoms with Crippen molar-refractivity contribution >= 4 is 0 Å². The molecule has 6 heteroatoms. The lowest BCUT2D eigenvalue weighted by Crippen LogP contribution is -2.28. The van der Waals surface area contributed by atoms with E-state index in [1.807, 2.05) is 0 Å². The van der Waals surface area contributed by atoms with Crippen LogP contribution in [0.3, 0.4) is 0 Å². The average molecular weight is 276 g/mol. The van der Waals surface area contributed by atoms with Crippen molar-refractivity contribution < 1.29 is 17.6 Å². The molecule has 0 radical (unpaired) electrons. The van der Waals surface area contributed by atoms with Crippen molar-refractivity contribution in [1.82, 2.24) is 10.6 Å². The van der Waals surface area contributed by atoms with Crippen LogP contribution in [0.5, 0.6) is 0 Å². The quantitative estimate of drug-likeness (QED) is 0.616. The van der Waals surface area contributed by atoms with Gasteiger partial charge in [-0.1, -0.05) is 6.07 Å². The molecule has 0 bridgehead atoms. The number of halogens is 4. The summed E-state index contributed by atoms with van der Waals surface area (Å²) in [6.45, 7) is 1.77. The molecule has 0 unspecified atom stereocenters. The number of alkyl halides is 3. The molecule has 0 aliphatic heterocycles. The minimum atomic E-state index is -4.65. The van der Waals surface area contributed by atoms with E-state index in [0.29, 0.717) is 24.7 Å². The Morgan fingerprint density at radius 2 is 1.89 bits per heavy atom. The Balaban J connectivity index is 1.82. The number of nitrogens with one attached hydrogen (secondary N) is 2. The molecule has 0 heterocycles. The van der Waals surface area contributed by atoms with Gasteiger partial charge in [-0.05, 0) is 30.5 Å². The van der Waals surface area contributed by atoms with E-state index < -0.39 is 17.6 Å². The van der Waals surface area contributed by atoms with E-state index in [1.165, 1.54) is 18.9 Å². The van der Waals surface area contributed by atoms with Crippen LogP contribution >= 0.6 is 0 Å². The Labute approximate surface area is 109 Å². The standard InChI is InChI=1S/C13H16F4N2/c14-12-4-1-9(7-11(12)13(15,16)17)8-18-5-6-19-10-2-3-10/h1,4,7,10,18-19H,2-3,5-6,8H2. The summed E-state index contributed by atoms with van der Waals surface area (Å²) >= 11 is 0. The summed E-state index contributed by atoms with van der Waals surface area (Å²) in [5, 5.41) is 6.32. The fraction of sp³-hybridized carbons (Fsp3) is 0.538. The molecule has 1 fully saturated rings. The molecule has 0 atom stereocenters. The third-order valence-electron chi connectivity index (χ3n) is 2.98. The van der Waals surface area contributed by atoms with Gasteiger partial charge < -0.3 is 10.6 Å². The summed E-state index contributed by atoms with van der Waals surface area (Å²) in [5.41, 5.74) is -0.775. The molecule has 2 N–H and O–H groups in total. The van der Waals surface area contributed by atoms with Crippen LogP contribution in [0.1, 0.15) is 24.0 Å². The minimum Gasteiger partial charge on any atom is -0.313 e. The van der Waals surface area contributed by atoms with Crippen LogP contribution in [-0.2, 0) is 12.7 Å². The van der Waals surface area contributed by atoms with Gasteiger partial charge in [-0.15, -0.1) is 0 Å². The molecule has 0 aromatic heterocycles. The van der Waals surface area contributed by atoms with Crippen LogP contribution in [0.4, 0.5) is 17.6 Å². The second-order valence-electron chi connectivity index (χ2n) is 4.72. The maximum atomic E-state index is 13.1. The van der Waals surface area contributed by atoms with E-state index in [1.54, 1.807) is 0 Å². The van der Waals surface area contributed by atoms with E-state index in [-0.39, 0.29) is 0 Å². The molecule has 19 heavy (non-hydrogen) atoms. The fourth-order valence-corrected chi connectivity index (χ4v) is 1.78. The first-order valence-corrected chi connectivity index (χ1v) is 6.26. The molecule has 0 spiro atoms. The van der Waals surface area contributed by atoms with Gasteiger partial charge in [-0.25, -0.2) is 4.39 Å². The predicted molar refractivity (Wildman–Crippen MR) is 64.1 cm³/mol. The SMILES string of the molecule is Fc1ccc(CNCCNC2CC2)cc1C(F)(F)F. The zero-order valence-corrected chi connectivity index (χ0v) is 10.4. The molecule has 1 aliphatic carbocycles. The van der Waals surface area contributed by atoms with E-state index in [2.05, 4.69) is 10.6 Å². The lowest BCUT2D eigenvalue weighted by atomic mass is 10.1. The Hall–Kier alpha value is -1.14. The molecule has 1 aromatic rings. The van der Waals surface area contributed by atoms with Crippen LogP contribution in [-0.4, -0.2) is 19.1 Å². The normalized spacial score (nSPS) is 15.8. The maximum absolute atomic E-state index is 13.1. The maximum Gasteiger partial charge on any atom is 0.419 e. The summed E-state index contributed by atoms with van der Waals surface area (Å²) in [4.78, 5) is 0. The monoisotopic (exact) mass is 276 g/mol. The van der Waals surface area contributed by atoms with Gasteiger partial charge in [0.1, 0.15) is 5.82 Å². The second kappa shape index (κ2) is 5.88. The predicted octanol–water partition coefficient (Wildman–Crippen LogP) is 2.69. The van der Waals surface area contributed by atoms with Crippen molar-refractivity contribution in [2.45, 2.75) is 31.6 Å². The molecular formula is C13H16F4N2. The van der Waals surface area contributed by atoms with Crippen molar-refractivity contribution in [1.29, 1.82) is 0 Å². The van der Waals surface area contributed by atoms with Crippen molar-refractivity contribution in [2.24, 2.45) is 0 Å². The first kappa shape index (κ1) is 14.3. The average Bonchev–Trinajstić information content (AvgIpc) is 3.13. The van der Waals surface area contributed by atoms with Gasteiger partial charge in [-0.3, -0.25) is 0 Å². The van der Waals surface area contributed by atoms with Gasteiger partial charge in [0, 0.05) is 25.7 Å². The fourth-order valence-electron chi connectivity index (χ4n) is 1.78. The lowest BCUT2D eigenvalue weighted by molar-refractivity contribution is -0.140. The van der Waals surface area contributed by atoms with Crippen molar-refractivity contribution in [2.75, 3.05) is 13.1 Å². The van der Waals surface area contributed by atoms with Crippen LogP contribution in [0.15, 0.2) is 18.2 Å². The van der Waals surface area contributed by atoms with Crippen molar-refractivity contribution in [3.8, 4) is 0 Å². The van der Waals surface area contributed by atoms with E-state index >= 15 is 0 Å². The van der Waals surface area contributed by atoms with Crippen LogP contribution in [0, 0.1) is 5.82 Å². The summed E-state index contributed by atoms with van der Waals surface area (Å²) < 4.78 is 50.5. The lowest BCUT2D eigenvalue weighted by Gasteiger charge is -2.11. The van der Waals surface area contributed by atoms with Gasteiger partial charge >= 0.3 is 6.18 Å². The van der Waals surface area contributed by atoms with Gasteiger partial charge in [0.25, 0.3) is 0 Å². The summed E-state index contributed by atoms with van der Waals surface area (Å²) in [5.74, 6) is -1.23. The summed E-state index contributed by atoms with van der Waals surface area (Å²) in [6, 6.07) is 3.70. The van der Waals surface area contributed by atoms with E-state index in [0.717, 1.165) is 18.7 Å². The number of hydrogen-bond acceptors (Lipinski definition) is 2. The first-order valence-electron chi connectivity index (χ1n) is 6.26. The van der Waals surface area contributed by atoms with Gasteiger partial charge in [0.15, 0.2) is 0 Å². The molecule has 1 aromatic carbocycles. The molecule has 2 rings (SSSR count). The molecule has 2 nitrogen and oxygen atoms in total. The van der Waals surface area contributed by atoms with E-state index in [4.69, 9.17) is 0 Å².